The topological polar surface area (TPSA) is 43.1 Å². The predicted octanol–water partition coefficient (Wildman–Crippen LogP) is 3.88. The SMILES string of the molecule is Cc1cc(C(=O)c2cccc(N)c2)c(C)cc1Br. The van der Waals surface area contributed by atoms with Gasteiger partial charge in [-0.1, -0.05) is 28.1 Å². The second-order valence-corrected chi connectivity index (χ2v) is 5.23. The Morgan fingerprint density at radius 1 is 1.11 bits per heavy atom. The van der Waals surface area contributed by atoms with Gasteiger partial charge in [-0.3, -0.25) is 4.79 Å². The van der Waals surface area contributed by atoms with Gasteiger partial charge in [0, 0.05) is 21.3 Å². The number of halogens is 1. The van der Waals surface area contributed by atoms with Crippen LogP contribution in [0.15, 0.2) is 40.9 Å². The zero-order chi connectivity index (χ0) is 13.3. The number of nitrogen functional groups attached to an aromatic ring is 1. The molecular formula is C15H14BrNO. The molecule has 0 saturated heterocycles. The van der Waals surface area contributed by atoms with Gasteiger partial charge in [-0.05, 0) is 49.2 Å². The van der Waals surface area contributed by atoms with E-state index in [0.29, 0.717) is 11.3 Å². The van der Waals surface area contributed by atoms with Crippen LogP contribution < -0.4 is 5.73 Å². The minimum absolute atomic E-state index is 0.00963. The minimum Gasteiger partial charge on any atom is -0.399 e. The van der Waals surface area contributed by atoms with Crippen molar-refractivity contribution in [3.05, 3.63) is 63.1 Å². The van der Waals surface area contributed by atoms with Crippen LogP contribution >= 0.6 is 15.9 Å². The summed E-state index contributed by atoms with van der Waals surface area (Å²) < 4.78 is 1.02. The molecule has 0 heterocycles. The first-order valence-corrected chi connectivity index (χ1v) is 6.45. The van der Waals surface area contributed by atoms with Gasteiger partial charge in [0.2, 0.25) is 0 Å². The molecule has 0 spiro atoms. The highest BCUT2D eigenvalue weighted by molar-refractivity contribution is 9.10. The number of carbonyl (C=O) groups excluding carboxylic acids is 1. The van der Waals surface area contributed by atoms with E-state index in [4.69, 9.17) is 5.73 Å². The fourth-order valence-corrected chi connectivity index (χ4v) is 2.32. The molecule has 2 N–H and O–H groups in total. The Hall–Kier alpha value is -1.61. The molecule has 2 aromatic rings. The maximum Gasteiger partial charge on any atom is 0.193 e. The second-order valence-electron chi connectivity index (χ2n) is 4.37. The van der Waals surface area contributed by atoms with Crippen molar-refractivity contribution >= 4 is 27.4 Å². The molecule has 0 radical (unpaired) electrons. The van der Waals surface area contributed by atoms with Gasteiger partial charge in [-0.25, -0.2) is 0 Å². The second kappa shape index (κ2) is 4.94. The summed E-state index contributed by atoms with van der Waals surface area (Å²) in [5.74, 6) is 0.00963. The summed E-state index contributed by atoms with van der Waals surface area (Å²) in [4.78, 5) is 12.4. The zero-order valence-electron chi connectivity index (χ0n) is 10.3. The van der Waals surface area contributed by atoms with Crippen molar-refractivity contribution in [1.29, 1.82) is 0 Å². The van der Waals surface area contributed by atoms with Gasteiger partial charge in [0.05, 0.1) is 0 Å². The van der Waals surface area contributed by atoms with Gasteiger partial charge < -0.3 is 5.73 Å². The van der Waals surface area contributed by atoms with Crippen molar-refractivity contribution in [2.24, 2.45) is 0 Å². The highest BCUT2D eigenvalue weighted by Gasteiger charge is 2.13. The van der Waals surface area contributed by atoms with E-state index in [-0.39, 0.29) is 5.78 Å². The van der Waals surface area contributed by atoms with Crippen molar-refractivity contribution in [3.8, 4) is 0 Å². The van der Waals surface area contributed by atoms with E-state index in [2.05, 4.69) is 15.9 Å². The van der Waals surface area contributed by atoms with E-state index in [0.717, 1.165) is 21.2 Å². The lowest BCUT2D eigenvalue weighted by Gasteiger charge is -2.08. The first-order valence-electron chi connectivity index (χ1n) is 5.66. The third kappa shape index (κ3) is 2.46. The first kappa shape index (κ1) is 12.8. The van der Waals surface area contributed by atoms with Crippen LogP contribution in [0.25, 0.3) is 0 Å². The van der Waals surface area contributed by atoms with Crippen molar-refractivity contribution in [1.82, 2.24) is 0 Å². The molecule has 0 fully saturated rings. The summed E-state index contributed by atoms with van der Waals surface area (Å²) in [6.07, 6.45) is 0. The number of rotatable bonds is 2. The molecule has 0 aliphatic rings. The molecule has 0 saturated carbocycles. The largest absolute Gasteiger partial charge is 0.399 e. The zero-order valence-corrected chi connectivity index (χ0v) is 11.9. The number of anilines is 1. The van der Waals surface area contributed by atoms with Gasteiger partial charge >= 0.3 is 0 Å². The number of nitrogens with two attached hydrogens (primary N) is 1. The van der Waals surface area contributed by atoms with E-state index in [1.807, 2.05) is 26.0 Å². The molecule has 0 bridgehead atoms. The average molecular weight is 304 g/mol. The molecule has 0 aromatic heterocycles. The van der Waals surface area contributed by atoms with Gasteiger partial charge in [0.25, 0.3) is 0 Å². The molecule has 18 heavy (non-hydrogen) atoms. The predicted molar refractivity (Wildman–Crippen MR) is 77.9 cm³/mol. The molecule has 3 heteroatoms. The first-order chi connectivity index (χ1) is 8.49. The minimum atomic E-state index is 0.00963. The highest BCUT2D eigenvalue weighted by atomic mass is 79.9. The third-order valence-electron chi connectivity index (χ3n) is 2.90. The van der Waals surface area contributed by atoms with Crippen molar-refractivity contribution < 1.29 is 4.79 Å². The third-order valence-corrected chi connectivity index (χ3v) is 3.75. The fourth-order valence-electron chi connectivity index (χ4n) is 1.86. The Morgan fingerprint density at radius 3 is 2.50 bits per heavy atom. The Labute approximate surface area is 115 Å². The Kier molecular flexibility index (Phi) is 3.53. The Bertz CT molecular complexity index is 620. The summed E-state index contributed by atoms with van der Waals surface area (Å²) in [5, 5.41) is 0. The average Bonchev–Trinajstić information content (AvgIpc) is 2.33. The van der Waals surface area contributed by atoms with Gasteiger partial charge in [0.1, 0.15) is 0 Å². The van der Waals surface area contributed by atoms with E-state index >= 15 is 0 Å². The number of carbonyl (C=O) groups is 1. The van der Waals surface area contributed by atoms with E-state index in [9.17, 15) is 4.79 Å². The standard InChI is InChI=1S/C15H14BrNO/c1-9-7-14(16)10(2)6-13(9)15(18)11-4-3-5-12(17)8-11/h3-8H,17H2,1-2H3. The van der Waals surface area contributed by atoms with Crippen LogP contribution in [-0.4, -0.2) is 5.78 Å². The summed E-state index contributed by atoms with van der Waals surface area (Å²) in [6, 6.07) is 10.9. The van der Waals surface area contributed by atoms with E-state index in [1.54, 1.807) is 24.3 Å². The lowest BCUT2D eigenvalue weighted by molar-refractivity contribution is 0.103. The van der Waals surface area contributed by atoms with E-state index < -0.39 is 0 Å². The number of ketones is 1. The van der Waals surface area contributed by atoms with Gasteiger partial charge in [-0.2, -0.15) is 0 Å². The summed E-state index contributed by atoms with van der Waals surface area (Å²) in [7, 11) is 0. The van der Waals surface area contributed by atoms with Crippen molar-refractivity contribution in [2.75, 3.05) is 5.73 Å². The summed E-state index contributed by atoms with van der Waals surface area (Å²) >= 11 is 3.47. The van der Waals surface area contributed by atoms with Crippen LogP contribution in [0.5, 0.6) is 0 Å². The Morgan fingerprint density at radius 2 is 1.83 bits per heavy atom. The van der Waals surface area contributed by atoms with E-state index in [1.165, 1.54) is 0 Å². The lowest BCUT2D eigenvalue weighted by atomic mass is 9.97. The van der Waals surface area contributed by atoms with Crippen LogP contribution in [0.4, 0.5) is 5.69 Å². The van der Waals surface area contributed by atoms with Gasteiger partial charge in [-0.15, -0.1) is 0 Å². The van der Waals surface area contributed by atoms with Crippen LogP contribution in [0.3, 0.4) is 0 Å². The summed E-state index contributed by atoms with van der Waals surface area (Å²) in [6.45, 7) is 3.91. The maximum absolute atomic E-state index is 12.4. The lowest BCUT2D eigenvalue weighted by Crippen LogP contribution is -2.05. The van der Waals surface area contributed by atoms with Crippen molar-refractivity contribution in [3.63, 3.8) is 0 Å². The normalized spacial score (nSPS) is 10.4. The smallest absolute Gasteiger partial charge is 0.193 e. The molecule has 2 aromatic carbocycles. The molecule has 0 atom stereocenters. The molecule has 2 rings (SSSR count). The maximum atomic E-state index is 12.4. The fraction of sp³-hybridized carbons (Fsp3) is 0.133. The molecule has 2 nitrogen and oxygen atoms in total. The number of aryl methyl sites for hydroxylation is 2. The van der Waals surface area contributed by atoms with Crippen LogP contribution in [0.2, 0.25) is 0 Å². The van der Waals surface area contributed by atoms with Gasteiger partial charge in [0.15, 0.2) is 5.78 Å². The quantitative estimate of drug-likeness (QED) is 0.676. The van der Waals surface area contributed by atoms with Crippen LogP contribution in [-0.2, 0) is 0 Å². The molecule has 92 valence electrons. The number of benzene rings is 2. The molecule has 0 unspecified atom stereocenters. The monoisotopic (exact) mass is 303 g/mol. The Balaban J connectivity index is 2.49. The molecule has 0 amide bonds. The van der Waals surface area contributed by atoms with Crippen LogP contribution in [0, 0.1) is 13.8 Å². The van der Waals surface area contributed by atoms with Crippen molar-refractivity contribution in [2.45, 2.75) is 13.8 Å². The van der Waals surface area contributed by atoms with Crippen LogP contribution in [0.1, 0.15) is 27.0 Å². The molecular weight excluding hydrogens is 290 g/mol. The molecule has 0 aliphatic carbocycles. The highest BCUT2D eigenvalue weighted by Crippen LogP contribution is 2.23. The number of hydrogen-bond acceptors (Lipinski definition) is 2. The number of hydrogen-bond donors (Lipinski definition) is 1. The molecule has 0 aliphatic heterocycles. The summed E-state index contributed by atoms with van der Waals surface area (Å²) in [5.41, 5.74) is 9.67.